The number of benzene rings is 5. The second-order valence-corrected chi connectivity index (χ2v) is 12.9. The number of allylic oxidation sites excluding steroid dienone is 5. The lowest BCUT2D eigenvalue weighted by Gasteiger charge is -2.23. The third-order valence-corrected chi connectivity index (χ3v) is 10.2. The van der Waals surface area contributed by atoms with Crippen LogP contribution < -0.4 is 0 Å². The summed E-state index contributed by atoms with van der Waals surface area (Å²) >= 11 is 0. The van der Waals surface area contributed by atoms with Crippen LogP contribution in [-0.2, 0) is 6.42 Å². The van der Waals surface area contributed by atoms with Crippen molar-refractivity contribution in [2.24, 2.45) is 0 Å². The van der Waals surface area contributed by atoms with Gasteiger partial charge in [0.2, 0.25) is 0 Å². The molecule has 0 radical (unpaired) electrons. The number of hydrogen-bond donors (Lipinski definition) is 0. The lowest BCUT2D eigenvalue weighted by molar-refractivity contribution is 0.600. The lowest BCUT2D eigenvalue weighted by Crippen LogP contribution is -2.12. The van der Waals surface area contributed by atoms with E-state index in [0.717, 1.165) is 79.9 Å². The predicted molar refractivity (Wildman–Crippen MR) is 200 cm³/mol. The molecule has 0 aliphatic heterocycles. The molecule has 50 heavy (non-hydrogen) atoms. The topological polar surface area (TPSA) is 81.2 Å². The lowest BCUT2D eigenvalue weighted by atomic mass is 9.90. The van der Waals surface area contributed by atoms with E-state index < -0.39 is 0 Å². The van der Waals surface area contributed by atoms with Crippen LogP contribution in [0.1, 0.15) is 52.4 Å². The summed E-state index contributed by atoms with van der Waals surface area (Å²) in [5.41, 5.74) is 12.7. The fourth-order valence-electron chi connectivity index (χ4n) is 8.04. The molecule has 0 bridgehead atoms. The van der Waals surface area contributed by atoms with Crippen LogP contribution in [0.15, 0.2) is 127 Å². The first-order valence-corrected chi connectivity index (χ1v) is 16.9. The molecule has 2 aliphatic carbocycles. The van der Waals surface area contributed by atoms with Gasteiger partial charge in [0.1, 0.15) is 0 Å². The number of hydrogen-bond acceptors (Lipinski definition) is 3. The summed E-state index contributed by atoms with van der Waals surface area (Å²) in [5.74, 6) is 0. The Morgan fingerprint density at radius 3 is 2.34 bits per heavy atom. The highest BCUT2D eigenvalue weighted by Crippen LogP contribution is 2.41. The van der Waals surface area contributed by atoms with E-state index >= 15 is 0 Å². The van der Waals surface area contributed by atoms with E-state index in [1.54, 1.807) is 0 Å². The smallest absolute Gasteiger partial charge is 0.0998 e. The SMILES string of the molecule is N#Cc1ccc2c(c1)c1c(n2C2C=CC(c3cc(-c4ccccc4-n4c5ccccc5c5c(C#N)cccc54)ccc3C#N)=CC2)CCC=C1. The van der Waals surface area contributed by atoms with Gasteiger partial charge in [-0.15, -0.1) is 0 Å². The molecule has 2 heterocycles. The number of nitrogens with zero attached hydrogens (tertiary/aromatic N) is 5. The molecule has 0 saturated carbocycles. The summed E-state index contributed by atoms with van der Waals surface area (Å²) < 4.78 is 4.69. The Bertz CT molecular complexity index is 2780. The highest BCUT2D eigenvalue weighted by molar-refractivity contribution is 6.12. The van der Waals surface area contributed by atoms with Crippen molar-refractivity contribution in [3.05, 3.63) is 161 Å². The van der Waals surface area contributed by atoms with Crippen molar-refractivity contribution >= 4 is 44.4 Å². The molecular formula is C45H29N5. The molecule has 2 aliphatic rings. The summed E-state index contributed by atoms with van der Waals surface area (Å²) in [6, 6.07) is 41.9. The van der Waals surface area contributed by atoms with Gasteiger partial charge in [-0.25, -0.2) is 0 Å². The van der Waals surface area contributed by atoms with Crippen molar-refractivity contribution in [2.45, 2.75) is 25.3 Å². The molecule has 234 valence electrons. The average molecular weight is 640 g/mol. The fraction of sp³-hybridized carbons (Fsp3) is 0.0889. The molecule has 5 nitrogen and oxygen atoms in total. The van der Waals surface area contributed by atoms with Crippen molar-refractivity contribution in [3.63, 3.8) is 0 Å². The molecule has 0 saturated heterocycles. The van der Waals surface area contributed by atoms with Gasteiger partial charge in [0.15, 0.2) is 0 Å². The number of rotatable bonds is 4. The van der Waals surface area contributed by atoms with Crippen LogP contribution in [-0.4, -0.2) is 9.13 Å². The normalized spacial score (nSPS) is 15.1. The zero-order chi connectivity index (χ0) is 33.8. The van der Waals surface area contributed by atoms with Crippen LogP contribution in [0.25, 0.3) is 61.2 Å². The monoisotopic (exact) mass is 639 g/mol. The van der Waals surface area contributed by atoms with E-state index in [1.807, 2.05) is 60.7 Å². The van der Waals surface area contributed by atoms with Crippen molar-refractivity contribution in [1.82, 2.24) is 9.13 Å². The Hall–Kier alpha value is -6.87. The molecule has 0 amide bonds. The maximum Gasteiger partial charge on any atom is 0.0998 e. The molecule has 2 aromatic heterocycles. The molecule has 0 fully saturated rings. The standard InChI is InChI=1S/C45H29N5/c46-26-29-16-23-43-39(24-29)36-10-2-5-13-41(36)49(43)34-21-19-30(20-22-34)38-25-31(17-18-32(38)27-47)35-9-1-4-12-40(35)50-42-14-6-3-11-37(42)45-33(28-48)8-7-15-44(45)50/h1-4,6-12,14-21,23-25,34H,5,13,22H2. The largest absolute Gasteiger partial charge is 0.337 e. The van der Waals surface area contributed by atoms with E-state index in [-0.39, 0.29) is 6.04 Å². The Kier molecular flexibility index (Phi) is 6.84. The second kappa shape index (κ2) is 11.7. The van der Waals surface area contributed by atoms with Gasteiger partial charge in [-0.1, -0.05) is 78.9 Å². The minimum Gasteiger partial charge on any atom is -0.337 e. The number of aromatic nitrogens is 2. The maximum atomic E-state index is 10.2. The van der Waals surface area contributed by atoms with E-state index in [9.17, 15) is 15.8 Å². The number of fused-ring (bicyclic) bond motifs is 6. The molecule has 1 atom stereocenters. The molecule has 5 heteroatoms. The Morgan fingerprint density at radius 2 is 1.50 bits per heavy atom. The van der Waals surface area contributed by atoms with Crippen molar-refractivity contribution in [2.75, 3.05) is 0 Å². The van der Waals surface area contributed by atoms with Gasteiger partial charge in [-0.05, 0) is 90.6 Å². The third-order valence-electron chi connectivity index (χ3n) is 10.2. The summed E-state index contributed by atoms with van der Waals surface area (Å²) in [7, 11) is 0. The summed E-state index contributed by atoms with van der Waals surface area (Å²) in [5, 5.41) is 32.9. The minimum atomic E-state index is 0.132. The van der Waals surface area contributed by atoms with E-state index in [0.29, 0.717) is 16.7 Å². The predicted octanol–water partition coefficient (Wildman–Crippen LogP) is 10.6. The van der Waals surface area contributed by atoms with Gasteiger partial charge in [0.25, 0.3) is 0 Å². The first-order chi connectivity index (χ1) is 24.7. The average Bonchev–Trinajstić information content (AvgIpc) is 3.70. The number of nitriles is 3. The van der Waals surface area contributed by atoms with Crippen LogP contribution in [0, 0.1) is 34.0 Å². The summed E-state index contributed by atoms with van der Waals surface area (Å²) in [6.07, 6.45) is 13.9. The van der Waals surface area contributed by atoms with Gasteiger partial charge in [-0.3, -0.25) is 0 Å². The Labute approximate surface area is 289 Å². The fourth-order valence-corrected chi connectivity index (χ4v) is 8.04. The maximum absolute atomic E-state index is 10.2. The van der Waals surface area contributed by atoms with Crippen molar-refractivity contribution in [1.29, 1.82) is 15.8 Å². The Morgan fingerprint density at radius 1 is 0.660 bits per heavy atom. The minimum absolute atomic E-state index is 0.132. The van der Waals surface area contributed by atoms with Crippen LogP contribution in [0.4, 0.5) is 0 Å². The molecule has 5 aromatic carbocycles. The first-order valence-electron chi connectivity index (χ1n) is 16.9. The number of para-hydroxylation sites is 2. The van der Waals surface area contributed by atoms with E-state index in [4.69, 9.17) is 0 Å². The summed E-state index contributed by atoms with van der Waals surface area (Å²) in [4.78, 5) is 0. The molecule has 0 spiro atoms. The van der Waals surface area contributed by atoms with Crippen molar-refractivity contribution in [3.8, 4) is 35.0 Å². The van der Waals surface area contributed by atoms with Crippen LogP contribution in [0.5, 0.6) is 0 Å². The third kappa shape index (κ3) is 4.44. The molecule has 7 aromatic rings. The van der Waals surface area contributed by atoms with Crippen molar-refractivity contribution < 1.29 is 0 Å². The molecule has 0 N–H and O–H groups in total. The first kappa shape index (κ1) is 29.3. The van der Waals surface area contributed by atoms with E-state index in [2.05, 4.69) is 100 Å². The van der Waals surface area contributed by atoms with Gasteiger partial charge in [0, 0.05) is 38.5 Å². The quantitative estimate of drug-likeness (QED) is 0.192. The van der Waals surface area contributed by atoms with Gasteiger partial charge in [-0.2, -0.15) is 15.8 Å². The van der Waals surface area contributed by atoms with Gasteiger partial charge >= 0.3 is 0 Å². The van der Waals surface area contributed by atoms with Gasteiger partial charge < -0.3 is 9.13 Å². The highest BCUT2D eigenvalue weighted by Gasteiger charge is 2.24. The zero-order valence-electron chi connectivity index (χ0n) is 27.1. The summed E-state index contributed by atoms with van der Waals surface area (Å²) in [6.45, 7) is 0. The molecule has 1 unspecified atom stereocenters. The van der Waals surface area contributed by atoms with Crippen LogP contribution in [0.3, 0.4) is 0 Å². The molecule has 9 rings (SSSR count). The zero-order valence-corrected chi connectivity index (χ0v) is 27.1. The van der Waals surface area contributed by atoms with Crippen LogP contribution >= 0.6 is 0 Å². The second-order valence-electron chi connectivity index (χ2n) is 12.9. The Balaban J connectivity index is 1.14. The van der Waals surface area contributed by atoms with E-state index in [1.165, 1.54) is 11.3 Å². The molecular weight excluding hydrogens is 611 g/mol. The van der Waals surface area contributed by atoms with Gasteiger partial charge in [0.05, 0.1) is 57.7 Å². The highest BCUT2D eigenvalue weighted by atomic mass is 15.0. The van der Waals surface area contributed by atoms with Crippen LogP contribution in [0.2, 0.25) is 0 Å².